The second-order valence-electron chi connectivity index (χ2n) is 3.78. The van der Waals surface area contributed by atoms with Crippen LogP contribution in [0.5, 0.6) is 0 Å². The Labute approximate surface area is 80.1 Å². The zero-order chi connectivity index (χ0) is 8.29. The molecule has 1 aromatic carbocycles. The van der Waals surface area contributed by atoms with Crippen molar-refractivity contribution in [2.45, 2.75) is 18.4 Å². The minimum Gasteiger partial charge on any atom is -0.327 e. The first-order valence-electron chi connectivity index (χ1n) is 4.32. The van der Waals surface area contributed by atoms with Gasteiger partial charge in [-0.25, -0.2) is 0 Å². The molecule has 0 spiro atoms. The van der Waals surface area contributed by atoms with E-state index >= 15 is 0 Å². The topological polar surface area (TPSA) is 26.0 Å². The Kier molecular flexibility index (Phi) is 1.25. The molecule has 0 amide bonds. The van der Waals surface area contributed by atoms with Crippen molar-refractivity contribution >= 4 is 15.9 Å². The van der Waals surface area contributed by atoms with E-state index in [9.17, 15) is 0 Å². The van der Waals surface area contributed by atoms with Crippen molar-refractivity contribution in [1.29, 1.82) is 0 Å². The van der Waals surface area contributed by atoms with Crippen molar-refractivity contribution in [3.05, 3.63) is 33.8 Å². The third-order valence-electron chi connectivity index (χ3n) is 3.18. The van der Waals surface area contributed by atoms with E-state index in [0.29, 0.717) is 12.0 Å². The molecule has 0 aliphatic heterocycles. The van der Waals surface area contributed by atoms with Crippen LogP contribution in [0.2, 0.25) is 0 Å². The first-order valence-corrected chi connectivity index (χ1v) is 5.11. The lowest BCUT2D eigenvalue weighted by Gasteiger charge is -2.05. The molecule has 1 saturated carbocycles. The molecule has 1 nitrogen and oxygen atoms in total. The Morgan fingerprint density at radius 3 is 3.08 bits per heavy atom. The number of benzene rings is 1. The first-order chi connectivity index (χ1) is 5.79. The molecule has 12 heavy (non-hydrogen) atoms. The van der Waals surface area contributed by atoms with Crippen molar-refractivity contribution < 1.29 is 0 Å². The van der Waals surface area contributed by atoms with E-state index in [1.165, 1.54) is 22.0 Å². The molecule has 2 aliphatic rings. The van der Waals surface area contributed by atoms with Crippen molar-refractivity contribution in [3.63, 3.8) is 0 Å². The van der Waals surface area contributed by atoms with Gasteiger partial charge in [0.15, 0.2) is 0 Å². The second-order valence-corrected chi connectivity index (χ2v) is 4.63. The van der Waals surface area contributed by atoms with E-state index < -0.39 is 0 Å². The Bertz CT molecular complexity index is 348. The van der Waals surface area contributed by atoms with Gasteiger partial charge in [0.05, 0.1) is 0 Å². The average molecular weight is 224 g/mol. The Morgan fingerprint density at radius 2 is 2.25 bits per heavy atom. The second kappa shape index (κ2) is 2.12. The number of hydrogen-bond acceptors (Lipinski definition) is 1. The zero-order valence-corrected chi connectivity index (χ0v) is 8.21. The quantitative estimate of drug-likeness (QED) is 0.717. The predicted molar refractivity (Wildman–Crippen MR) is 52.1 cm³/mol. The van der Waals surface area contributed by atoms with E-state index in [2.05, 4.69) is 34.1 Å². The molecule has 0 heterocycles. The molecule has 3 atom stereocenters. The Morgan fingerprint density at radius 1 is 1.42 bits per heavy atom. The minimum absolute atomic E-state index is 0.451. The van der Waals surface area contributed by atoms with Gasteiger partial charge in [-0.1, -0.05) is 28.1 Å². The average Bonchev–Trinajstić information content (AvgIpc) is 2.57. The number of halogens is 1. The highest BCUT2D eigenvalue weighted by atomic mass is 79.9. The van der Waals surface area contributed by atoms with Crippen LogP contribution in [-0.2, 0) is 6.42 Å². The summed E-state index contributed by atoms with van der Waals surface area (Å²) in [5.74, 6) is 1.43. The summed E-state index contributed by atoms with van der Waals surface area (Å²) in [5.41, 5.74) is 8.90. The summed E-state index contributed by atoms with van der Waals surface area (Å²) >= 11 is 3.57. The number of fused-ring (bicyclic) bond motifs is 3. The SMILES string of the molecule is N[C@@H]1[C@@H]2Cc3c(Br)cccc3[C@@H]12. The van der Waals surface area contributed by atoms with E-state index in [-0.39, 0.29) is 0 Å². The van der Waals surface area contributed by atoms with Gasteiger partial charge in [-0.2, -0.15) is 0 Å². The summed E-state index contributed by atoms with van der Waals surface area (Å²) in [5, 5.41) is 0. The maximum atomic E-state index is 5.92. The molecule has 0 saturated heterocycles. The number of nitrogens with two attached hydrogens (primary N) is 1. The summed E-state index contributed by atoms with van der Waals surface area (Å²) in [6.07, 6.45) is 1.18. The van der Waals surface area contributed by atoms with E-state index in [4.69, 9.17) is 5.73 Å². The van der Waals surface area contributed by atoms with Crippen molar-refractivity contribution in [2.75, 3.05) is 0 Å². The van der Waals surface area contributed by atoms with Crippen LogP contribution in [0, 0.1) is 5.92 Å². The molecule has 2 aliphatic carbocycles. The third kappa shape index (κ3) is 0.723. The number of rotatable bonds is 0. The summed E-state index contributed by atoms with van der Waals surface area (Å²) < 4.78 is 1.26. The lowest BCUT2D eigenvalue weighted by atomic mass is 10.1. The first kappa shape index (κ1) is 7.10. The van der Waals surface area contributed by atoms with Crippen LogP contribution in [0.1, 0.15) is 17.0 Å². The Balaban J connectivity index is 2.16. The van der Waals surface area contributed by atoms with Gasteiger partial charge in [0.25, 0.3) is 0 Å². The molecule has 1 aromatic rings. The van der Waals surface area contributed by atoms with Gasteiger partial charge >= 0.3 is 0 Å². The monoisotopic (exact) mass is 223 g/mol. The maximum Gasteiger partial charge on any atom is 0.0210 e. The molecule has 2 N–H and O–H groups in total. The molecule has 0 bridgehead atoms. The molecule has 62 valence electrons. The smallest absolute Gasteiger partial charge is 0.0210 e. The van der Waals surface area contributed by atoms with E-state index in [1.54, 1.807) is 0 Å². The fraction of sp³-hybridized carbons (Fsp3) is 0.400. The highest BCUT2D eigenvalue weighted by molar-refractivity contribution is 9.10. The van der Waals surface area contributed by atoms with Crippen LogP contribution in [0.4, 0.5) is 0 Å². The van der Waals surface area contributed by atoms with Gasteiger partial charge in [-0.15, -0.1) is 0 Å². The predicted octanol–water partition coefficient (Wildman–Crippen LogP) is 2.05. The van der Waals surface area contributed by atoms with Crippen LogP contribution in [0.25, 0.3) is 0 Å². The Hall–Kier alpha value is -0.340. The fourth-order valence-corrected chi connectivity index (χ4v) is 2.98. The molecule has 1 fully saturated rings. The highest BCUT2D eigenvalue weighted by Crippen LogP contribution is 2.56. The molecule has 0 unspecified atom stereocenters. The molecule has 2 heteroatoms. The summed E-state index contributed by atoms with van der Waals surface area (Å²) in [6, 6.07) is 6.90. The van der Waals surface area contributed by atoms with Crippen LogP contribution >= 0.6 is 15.9 Å². The van der Waals surface area contributed by atoms with Gasteiger partial charge in [0.1, 0.15) is 0 Å². The summed E-state index contributed by atoms with van der Waals surface area (Å²) in [6.45, 7) is 0. The van der Waals surface area contributed by atoms with Crippen molar-refractivity contribution in [2.24, 2.45) is 11.7 Å². The lowest BCUT2D eigenvalue weighted by molar-refractivity contribution is 0.799. The summed E-state index contributed by atoms with van der Waals surface area (Å²) in [7, 11) is 0. The van der Waals surface area contributed by atoms with Crippen LogP contribution in [-0.4, -0.2) is 6.04 Å². The minimum atomic E-state index is 0.451. The van der Waals surface area contributed by atoms with Gasteiger partial charge in [-0.3, -0.25) is 0 Å². The standard InChI is InChI=1S/C10H10BrN/c11-8-3-1-2-5-6(8)4-7-9(5)10(7)12/h1-3,7,9-10H,4,12H2/t7-,9-,10-/m1/s1. The van der Waals surface area contributed by atoms with Crippen LogP contribution < -0.4 is 5.73 Å². The van der Waals surface area contributed by atoms with Crippen molar-refractivity contribution in [3.8, 4) is 0 Å². The third-order valence-corrected chi connectivity index (χ3v) is 3.93. The molecule has 0 aromatic heterocycles. The lowest BCUT2D eigenvalue weighted by Crippen LogP contribution is -2.08. The molecule has 3 rings (SSSR count). The maximum absolute atomic E-state index is 5.92. The van der Waals surface area contributed by atoms with Crippen LogP contribution in [0.15, 0.2) is 22.7 Å². The van der Waals surface area contributed by atoms with E-state index in [1.807, 2.05) is 0 Å². The summed E-state index contributed by atoms with van der Waals surface area (Å²) in [4.78, 5) is 0. The van der Waals surface area contributed by atoms with Gasteiger partial charge in [0.2, 0.25) is 0 Å². The normalized spacial score (nSPS) is 36.0. The number of hydrogen-bond donors (Lipinski definition) is 1. The van der Waals surface area contributed by atoms with E-state index in [0.717, 1.165) is 5.92 Å². The molecular formula is C10H10BrN. The zero-order valence-electron chi connectivity index (χ0n) is 6.63. The van der Waals surface area contributed by atoms with Gasteiger partial charge < -0.3 is 5.73 Å². The fourth-order valence-electron chi connectivity index (χ4n) is 2.44. The van der Waals surface area contributed by atoms with Crippen molar-refractivity contribution in [1.82, 2.24) is 0 Å². The molecular weight excluding hydrogens is 214 g/mol. The van der Waals surface area contributed by atoms with Gasteiger partial charge in [0, 0.05) is 16.4 Å². The largest absolute Gasteiger partial charge is 0.327 e. The molecule has 0 radical (unpaired) electrons. The highest BCUT2D eigenvalue weighted by Gasteiger charge is 2.53. The van der Waals surface area contributed by atoms with Crippen LogP contribution in [0.3, 0.4) is 0 Å². The van der Waals surface area contributed by atoms with Gasteiger partial charge in [-0.05, 0) is 29.5 Å².